The van der Waals surface area contributed by atoms with Crippen molar-refractivity contribution in [2.75, 3.05) is 0 Å². The van der Waals surface area contributed by atoms with E-state index in [1.165, 1.54) is 43.3 Å². The largest absolute Gasteiger partial charge is 0.479 e. The molecule has 0 spiro atoms. The number of nitrogens with zero attached hydrogens (tertiary/aromatic N) is 1. The predicted molar refractivity (Wildman–Crippen MR) is 95.3 cm³/mol. The van der Waals surface area contributed by atoms with Gasteiger partial charge in [0, 0.05) is 22.7 Å². The van der Waals surface area contributed by atoms with Crippen molar-refractivity contribution >= 4 is 40.7 Å². The molecule has 2 N–H and O–H groups in total. The molecule has 0 bridgehead atoms. The Morgan fingerprint density at radius 2 is 1.77 bits per heavy atom. The molecule has 2 aromatic carbocycles. The zero-order valence-electron chi connectivity index (χ0n) is 13.4. The van der Waals surface area contributed by atoms with Gasteiger partial charge in [0.2, 0.25) is 0 Å². The number of benzene rings is 2. The van der Waals surface area contributed by atoms with Crippen LogP contribution in [0.15, 0.2) is 42.5 Å². The maximum atomic E-state index is 12.0. The lowest BCUT2D eigenvalue weighted by molar-refractivity contribution is -0.384. The van der Waals surface area contributed by atoms with E-state index in [9.17, 15) is 19.7 Å². The fraction of sp³-hybridized carbons (Fsp3) is 0.125. The van der Waals surface area contributed by atoms with Crippen LogP contribution < -0.4 is 15.6 Å². The maximum absolute atomic E-state index is 12.0. The van der Waals surface area contributed by atoms with Gasteiger partial charge in [0.05, 0.1) is 9.95 Å². The Bertz CT molecular complexity index is 842. The van der Waals surface area contributed by atoms with E-state index >= 15 is 0 Å². The molecule has 0 aliphatic carbocycles. The van der Waals surface area contributed by atoms with Crippen LogP contribution in [0.2, 0.25) is 10.0 Å². The molecule has 2 aromatic rings. The Kier molecular flexibility index (Phi) is 6.37. The van der Waals surface area contributed by atoms with E-state index < -0.39 is 22.8 Å². The van der Waals surface area contributed by atoms with Gasteiger partial charge >= 0.3 is 0 Å². The first-order valence-corrected chi connectivity index (χ1v) is 8.00. The number of hydrazine groups is 1. The summed E-state index contributed by atoms with van der Waals surface area (Å²) in [6, 6.07) is 9.46. The van der Waals surface area contributed by atoms with Crippen LogP contribution in [0.25, 0.3) is 0 Å². The van der Waals surface area contributed by atoms with E-state index in [2.05, 4.69) is 10.9 Å². The van der Waals surface area contributed by atoms with Crippen LogP contribution in [0.3, 0.4) is 0 Å². The Morgan fingerprint density at radius 3 is 2.35 bits per heavy atom. The molecule has 0 saturated heterocycles. The van der Waals surface area contributed by atoms with E-state index in [-0.39, 0.29) is 22.0 Å². The van der Waals surface area contributed by atoms with Gasteiger partial charge in [-0.1, -0.05) is 23.2 Å². The van der Waals surface area contributed by atoms with Crippen LogP contribution in [0, 0.1) is 10.1 Å². The maximum Gasteiger partial charge on any atom is 0.279 e. The Hall–Kier alpha value is -2.84. The highest BCUT2D eigenvalue weighted by atomic mass is 35.5. The zero-order chi connectivity index (χ0) is 19.3. The number of nitro groups is 1. The molecular formula is C16H13Cl2N3O5. The summed E-state index contributed by atoms with van der Waals surface area (Å²) < 4.78 is 5.41. The van der Waals surface area contributed by atoms with Gasteiger partial charge in [0.15, 0.2) is 6.10 Å². The third-order valence-electron chi connectivity index (χ3n) is 3.21. The highest BCUT2D eigenvalue weighted by molar-refractivity contribution is 6.35. The third-order valence-corrected chi connectivity index (χ3v) is 3.74. The molecule has 0 saturated carbocycles. The smallest absolute Gasteiger partial charge is 0.279 e. The van der Waals surface area contributed by atoms with Crippen molar-refractivity contribution in [1.82, 2.24) is 10.9 Å². The van der Waals surface area contributed by atoms with Gasteiger partial charge in [-0.2, -0.15) is 0 Å². The summed E-state index contributed by atoms with van der Waals surface area (Å²) >= 11 is 11.7. The number of carbonyl (C=O) groups is 2. The second-order valence-corrected chi connectivity index (χ2v) is 5.93. The SMILES string of the molecule is CC(Oc1ccc(Cl)cc1Cl)C(=O)NNC(=O)c1ccc([N+](=O)[O-])cc1. The Balaban J connectivity index is 1.90. The lowest BCUT2D eigenvalue weighted by atomic mass is 10.2. The van der Waals surface area contributed by atoms with Crippen molar-refractivity contribution in [2.24, 2.45) is 0 Å². The summed E-state index contributed by atoms with van der Waals surface area (Å²) in [5.74, 6) is -0.989. The normalized spacial score (nSPS) is 11.3. The molecule has 8 nitrogen and oxygen atoms in total. The number of rotatable bonds is 5. The summed E-state index contributed by atoms with van der Waals surface area (Å²) in [6.07, 6.45) is -0.953. The second kappa shape index (κ2) is 8.50. The number of ether oxygens (including phenoxy) is 1. The summed E-state index contributed by atoms with van der Waals surface area (Å²) in [6.45, 7) is 1.47. The molecule has 0 fully saturated rings. The quantitative estimate of drug-likeness (QED) is 0.594. The van der Waals surface area contributed by atoms with Gasteiger partial charge in [-0.25, -0.2) is 0 Å². The van der Waals surface area contributed by atoms with Gasteiger partial charge in [-0.05, 0) is 37.3 Å². The minimum absolute atomic E-state index is 0.144. The van der Waals surface area contributed by atoms with E-state index in [0.29, 0.717) is 5.02 Å². The number of nitrogens with one attached hydrogen (secondary N) is 2. The summed E-state index contributed by atoms with van der Waals surface area (Å²) in [7, 11) is 0. The Morgan fingerprint density at radius 1 is 1.12 bits per heavy atom. The number of hydrogen-bond acceptors (Lipinski definition) is 5. The van der Waals surface area contributed by atoms with Gasteiger partial charge < -0.3 is 4.74 Å². The fourth-order valence-corrected chi connectivity index (χ4v) is 2.29. The number of amides is 2. The lowest BCUT2D eigenvalue weighted by Crippen LogP contribution is -2.47. The van der Waals surface area contributed by atoms with Gasteiger partial charge in [0.25, 0.3) is 17.5 Å². The molecule has 1 unspecified atom stereocenters. The second-order valence-electron chi connectivity index (χ2n) is 5.08. The molecule has 2 amide bonds. The van der Waals surface area contributed by atoms with Crippen molar-refractivity contribution in [3.8, 4) is 5.75 Å². The molecule has 0 radical (unpaired) electrons. The van der Waals surface area contributed by atoms with Crippen molar-refractivity contribution in [3.63, 3.8) is 0 Å². The average molecular weight is 398 g/mol. The molecule has 26 heavy (non-hydrogen) atoms. The highest BCUT2D eigenvalue weighted by Crippen LogP contribution is 2.28. The van der Waals surface area contributed by atoms with Gasteiger partial charge in [-0.15, -0.1) is 0 Å². The highest BCUT2D eigenvalue weighted by Gasteiger charge is 2.17. The summed E-state index contributed by atoms with van der Waals surface area (Å²) in [5, 5.41) is 11.3. The van der Waals surface area contributed by atoms with Crippen molar-refractivity contribution in [1.29, 1.82) is 0 Å². The first-order valence-electron chi connectivity index (χ1n) is 7.24. The lowest BCUT2D eigenvalue weighted by Gasteiger charge is -2.16. The Labute approximate surface area is 158 Å². The molecule has 2 rings (SSSR count). The van der Waals surface area contributed by atoms with E-state index in [1.807, 2.05) is 0 Å². The molecular weight excluding hydrogens is 385 g/mol. The molecule has 0 aliphatic heterocycles. The van der Waals surface area contributed by atoms with Gasteiger partial charge in [-0.3, -0.25) is 30.6 Å². The number of non-ortho nitro benzene ring substituents is 1. The fourth-order valence-electron chi connectivity index (χ4n) is 1.84. The number of halogens is 2. The first kappa shape index (κ1) is 19.5. The molecule has 1 atom stereocenters. The molecule has 0 heterocycles. The molecule has 0 aromatic heterocycles. The zero-order valence-corrected chi connectivity index (χ0v) is 14.9. The number of hydrogen-bond donors (Lipinski definition) is 2. The van der Waals surface area contributed by atoms with E-state index in [0.717, 1.165) is 0 Å². The molecule has 10 heteroatoms. The van der Waals surface area contributed by atoms with Crippen LogP contribution in [-0.2, 0) is 4.79 Å². The number of nitro benzene ring substituents is 1. The first-order chi connectivity index (χ1) is 12.3. The minimum Gasteiger partial charge on any atom is -0.479 e. The van der Waals surface area contributed by atoms with Crippen molar-refractivity contribution in [2.45, 2.75) is 13.0 Å². The van der Waals surface area contributed by atoms with Crippen molar-refractivity contribution in [3.05, 3.63) is 68.2 Å². The predicted octanol–water partition coefficient (Wildman–Crippen LogP) is 3.13. The standard InChI is InChI=1S/C16H13Cl2N3O5/c1-9(26-14-7-4-11(17)8-13(14)18)15(22)19-20-16(23)10-2-5-12(6-3-10)21(24)25/h2-9H,1H3,(H,19,22)(H,20,23). The average Bonchev–Trinajstić information content (AvgIpc) is 2.61. The van der Waals surface area contributed by atoms with Crippen LogP contribution in [0.1, 0.15) is 17.3 Å². The van der Waals surface area contributed by atoms with Crippen LogP contribution >= 0.6 is 23.2 Å². The minimum atomic E-state index is -0.953. The molecule has 0 aliphatic rings. The van der Waals surface area contributed by atoms with Crippen LogP contribution in [-0.4, -0.2) is 22.8 Å². The van der Waals surface area contributed by atoms with Gasteiger partial charge in [0.1, 0.15) is 5.75 Å². The number of carbonyl (C=O) groups excluding carboxylic acids is 2. The summed E-state index contributed by atoms with van der Waals surface area (Å²) in [5.41, 5.74) is 4.40. The van der Waals surface area contributed by atoms with E-state index in [1.54, 1.807) is 6.07 Å². The summed E-state index contributed by atoms with van der Waals surface area (Å²) in [4.78, 5) is 33.9. The van der Waals surface area contributed by atoms with Crippen LogP contribution in [0.5, 0.6) is 5.75 Å². The van der Waals surface area contributed by atoms with E-state index in [4.69, 9.17) is 27.9 Å². The topological polar surface area (TPSA) is 111 Å². The molecule has 136 valence electrons. The van der Waals surface area contributed by atoms with Crippen molar-refractivity contribution < 1.29 is 19.2 Å². The van der Waals surface area contributed by atoms with Crippen LogP contribution in [0.4, 0.5) is 5.69 Å². The monoisotopic (exact) mass is 397 g/mol. The third kappa shape index (κ3) is 5.08.